The molecule has 3 aromatic carbocycles. The van der Waals surface area contributed by atoms with Crippen LogP contribution >= 0.6 is 0 Å². The second-order valence-corrected chi connectivity index (χ2v) is 17.1. The average Bonchev–Trinajstić information content (AvgIpc) is 3.56. The lowest BCUT2D eigenvalue weighted by molar-refractivity contribution is 0.0658. The summed E-state index contributed by atoms with van der Waals surface area (Å²) in [5.41, 5.74) is 4.17. The average molecular weight is 827 g/mol. The Labute approximate surface area is 350 Å². The van der Waals surface area contributed by atoms with Gasteiger partial charge in [0.25, 0.3) is 11.5 Å². The molecule has 0 radical (unpaired) electrons. The highest BCUT2D eigenvalue weighted by molar-refractivity contribution is 6.00. The molecule has 10 rings (SSSR count). The predicted octanol–water partition coefficient (Wildman–Crippen LogP) is 6.50. The van der Waals surface area contributed by atoms with E-state index in [1.807, 2.05) is 47.9 Å². The second kappa shape index (κ2) is 14.7. The molecule has 14 nitrogen and oxygen atoms in total. The quantitative estimate of drug-likeness (QED) is 0.183. The Balaban J connectivity index is 1.08. The van der Waals surface area contributed by atoms with E-state index >= 15 is 4.79 Å². The number of aromatic amines is 1. The van der Waals surface area contributed by atoms with Gasteiger partial charge in [-0.3, -0.25) is 24.0 Å². The highest BCUT2D eigenvalue weighted by Gasteiger charge is 2.59. The number of carbonyl (C=O) groups is 2. The Morgan fingerprint density at radius 3 is 2.38 bits per heavy atom. The fourth-order valence-corrected chi connectivity index (χ4v) is 10.0. The van der Waals surface area contributed by atoms with Crippen LogP contribution in [0.25, 0.3) is 16.6 Å². The Hall–Kier alpha value is -6.35. The van der Waals surface area contributed by atoms with E-state index in [4.69, 9.17) is 14.2 Å². The van der Waals surface area contributed by atoms with Crippen molar-refractivity contribution in [3.8, 4) is 5.69 Å². The third-order valence-corrected chi connectivity index (χ3v) is 13.4. The molecule has 0 spiro atoms. The lowest BCUT2D eigenvalue weighted by atomic mass is 9.91. The fraction of sp³-hybridized carbons (Fsp3) is 0.391. The first-order valence-corrected chi connectivity index (χ1v) is 21.1. The summed E-state index contributed by atoms with van der Waals surface area (Å²) < 4.78 is 29.1. The minimum Gasteiger partial charge on any atom is -0.381 e. The number of fused-ring (bicyclic) bond motifs is 2. The van der Waals surface area contributed by atoms with Gasteiger partial charge in [-0.15, -0.1) is 0 Å². The van der Waals surface area contributed by atoms with Gasteiger partial charge in [-0.25, -0.2) is 23.5 Å². The molecule has 3 aromatic heterocycles. The number of urea groups is 1. The number of halogens is 1. The number of anilines is 1. The number of nitrogens with zero attached hydrogens (tertiary/aromatic N) is 7. The number of rotatable bonds is 8. The van der Waals surface area contributed by atoms with Gasteiger partial charge in [0.2, 0.25) is 5.95 Å². The molecule has 1 aliphatic carbocycles. The Morgan fingerprint density at radius 1 is 0.951 bits per heavy atom. The summed E-state index contributed by atoms with van der Waals surface area (Å²) >= 11 is 0. The number of hydrogen-bond donors (Lipinski definition) is 1. The fourth-order valence-electron chi connectivity index (χ4n) is 10.0. The van der Waals surface area contributed by atoms with E-state index in [1.54, 1.807) is 35.8 Å². The van der Waals surface area contributed by atoms with E-state index in [-0.39, 0.29) is 54.7 Å². The smallest absolute Gasteiger partial charge is 0.381 e. The summed E-state index contributed by atoms with van der Waals surface area (Å²) in [7, 11) is 0. The van der Waals surface area contributed by atoms with Crippen molar-refractivity contribution in [3.05, 3.63) is 138 Å². The molecule has 6 heterocycles. The monoisotopic (exact) mass is 826 g/mol. The summed E-state index contributed by atoms with van der Waals surface area (Å²) in [6.07, 6.45) is 2.65. The van der Waals surface area contributed by atoms with Crippen molar-refractivity contribution in [1.82, 2.24) is 34.1 Å². The molecular formula is C46H47FN8O6. The van der Waals surface area contributed by atoms with E-state index in [0.717, 1.165) is 29.3 Å². The number of nitrogens with one attached hydrogen (secondary N) is 1. The zero-order valence-electron chi connectivity index (χ0n) is 34.6. The van der Waals surface area contributed by atoms with Crippen molar-refractivity contribution < 1.29 is 23.2 Å². The van der Waals surface area contributed by atoms with E-state index in [0.29, 0.717) is 78.2 Å². The van der Waals surface area contributed by atoms with Crippen LogP contribution in [0.3, 0.4) is 0 Å². The van der Waals surface area contributed by atoms with Crippen LogP contribution in [0, 0.1) is 25.6 Å². The van der Waals surface area contributed by atoms with Crippen LogP contribution in [0.1, 0.15) is 94.9 Å². The van der Waals surface area contributed by atoms with Crippen molar-refractivity contribution in [2.75, 3.05) is 37.7 Å². The number of carbonyl (C=O) groups excluding carboxylic acids is 2. The van der Waals surface area contributed by atoms with E-state index in [9.17, 15) is 18.8 Å². The van der Waals surface area contributed by atoms with Crippen molar-refractivity contribution >= 4 is 28.8 Å². The van der Waals surface area contributed by atoms with Crippen LogP contribution in [0.4, 0.5) is 15.1 Å². The molecule has 0 unspecified atom stereocenters. The molecule has 3 atom stereocenters. The van der Waals surface area contributed by atoms with Crippen molar-refractivity contribution in [2.45, 2.75) is 77.4 Å². The molecule has 61 heavy (non-hydrogen) atoms. The highest BCUT2D eigenvalue weighted by atomic mass is 19.1. The molecule has 6 aromatic rings. The Kier molecular flexibility index (Phi) is 9.34. The highest BCUT2D eigenvalue weighted by Crippen LogP contribution is 2.56. The number of amides is 3. The third-order valence-electron chi connectivity index (χ3n) is 13.4. The summed E-state index contributed by atoms with van der Waals surface area (Å²) in [5, 5.41) is 5.04. The molecule has 3 amide bonds. The van der Waals surface area contributed by atoms with Gasteiger partial charge in [-0.2, -0.15) is 0 Å². The summed E-state index contributed by atoms with van der Waals surface area (Å²) in [4.78, 5) is 69.6. The van der Waals surface area contributed by atoms with Gasteiger partial charge in [0.15, 0.2) is 5.82 Å². The molecule has 3 aliphatic heterocycles. The van der Waals surface area contributed by atoms with Crippen molar-refractivity contribution in [1.29, 1.82) is 0 Å². The number of aryl methyl sites for hydroxylation is 2. The Morgan fingerprint density at radius 2 is 1.69 bits per heavy atom. The zero-order valence-corrected chi connectivity index (χ0v) is 34.6. The first-order chi connectivity index (χ1) is 29.4. The van der Waals surface area contributed by atoms with Gasteiger partial charge < -0.3 is 19.1 Å². The van der Waals surface area contributed by atoms with Crippen LogP contribution in [-0.4, -0.2) is 78.8 Å². The lowest BCUT2D eigenvalue weighted by Crippen LogP contribution is -2.45. The summed E-state index contributed by atoms with van der Waals surface area (Å²) in [6.45, 7) is 9.88. The minimum absolute atomic E-state index is 0.0194. The van der Waals surface area contributed by atoms with Gasteiger partial charge in [0, 0.05) is 55.9 Å². The topological polar surface area (TPSA) is 152 Å². The predicted molar refractivity (Wildman–Crippen MR) is 225 cm³/mol. The van der Waals surface area contributed by atoms with Crippen LogP contribution in [-0.2, 0) is 23.2 Å². The molecule has 15 heteroatoms. The van der Waals surface area contributed by atoms with Crippen molar-refractivity contribution in [3.63, 3.8) is 0 Å². The van der Waals surface area contributed by atoms with E-state index in [2.05, 4.69) is 35.3 Å². The van der Waals surface area contributed by atoms with Gasteiger partial charge in [-0.05, 0) is 111 Å². The molecule has 1 N–H and O–H groups in total. The van der Waals surface area contributed by atoms with E-state index < -0.39 is 17.3 Å². The molecule has 314 valence electrons. The van der Waals surface area contributed by atoms with Gasteiger partial charge >= 0.3 is 11.8 Å². The maximum absolute atomic E-state index is 15.3. The number of benzene rings is 3. The second-order valence-electron chi connectivity index (χ2n) is 17.1. The number of ether oxygens (including phenoxy) is 1. The molecule has 2 saturated heterocycles. The zero-order chi connectivity index (χ0) is 42.3. The van der Waals surface area contributed by atoms with Gasteiger partial charge in [0.1, 0.15) is 17.1 Å². The SMILES string of the molecule is Cc1cc(-n2c(N3CCN(Cc4ccccc4)C3=O)nc3c(c2=O)CCN(C(=O)c2cc4cc(C5CCOCC5)ccc4n2[C@@]2(c4noc(=O)[nH]4)C[C@H]2C)[C@H]3C)cc(C)c1F. The maximum Gasteiger partial charge on any atom is 0.438 e. The summed E-state index contributed by atoms with van der Waals surface area (Å²) in [5.74, 6) is -0.476. The van der Waals surface area contributed by atoms with Gasteiger partial charge in [-0.1, -0.05) is 48.5 Å². The van der Waals surface area contributed by atoms with Crippen LogP contribution < -0.4 is 16.2 Å². The van der Waals surface area contributed by atoms with Crippen LogP contribution in [0.5, 0.6) is 0 Å². The number of aromatic nitrogens is 5. The van der Waals surface area contributed by atoms with Crippen LogP contribution in [0.2, 0.25) is 0 Å². The van der Waals surface area contributed by atoms with Crippen molar-refractivity contribution in [2.24, 2.45) is 5.92 Å². The Bertz CT molecular complexity index is 2840. The number of hydrogen-bond acceptors (Lipinski definition) is 8. The molecule has 3 fully saturated rings. The molecule has 4 aliphatic rings. The summed E-state index contributed by atoms with van der Waals surface area (Å²) in [6, 6.07) is 20.2. The molecule has 0 bridgehead atoms. The number of H-pyrrole nitrogens is 1. The van der Waals surface area contributed by atoms with E-state index in [1.165, 1.54) is 15.0 Å². The first kappa shape index (κ1) is 38.8. The molecule has 1 saturated carbocycles. The minimum atomic E-state index is -0.831. The third kappa shape index (κ3) is 6.31. The lowest BCUT2D eigenvalue weighted by Gasteiger charge is -2.36. The van der Waals surface area contributed by atoms with Crippen LogP contribution in [0.15, 0.2) is 80.8 Å². The largest absolute Gasteiger partial charge is 0.438 e. The first-order valence-electron chi connectivity index (χ1n) is 21.1. The normalized spacial score (nSPS) is 21.7. The van der Waals surface area contributed by atoms with Gasteiger partial charge in [0.05, 0.1) is 17.4 Å². The standard InChI is InChI=1S/C46H47FN8O6/c1-26-20-34(21-27(2)38(26)47)54-40(56)35-12-15-52(29(4)39(35)48-43(54)53-17-16-51(45(53)59)25-30-8-6-5-7-9-30)41(57)37-23-33-22-32(31-13-18-60-19-14-31)10-11-36(33)55(37)46(24-28(46)3)42-49-44(58)61-50-42/h5-11,20-23,28-29,31H,12-19,24-25H2,1-4H3,(H,49,50,58)/t28-,29+,46+/m1/s1. The maximum atomic E-state index is 15.3. The molecular weight excluding hydrogens is 780 g/mol.